The van der Waals surface area contributed by atoms with Crippen molar-refractivity contribution in [2.75, 3.05) is 0 Å². The van der Waals surface area contributed by atoms with E-state index < -0.39 is 0 Å². The molecule has 0 radical (unpaired) electrons. The molecule has 1 aromatic carbocycles. The van der Waals surface area contributed by atoms with Crippen LogP contribution in [0.15, 0.2) is 29.2 Å². The molecule has 2 atom stereocenters. The zero-order chi connectivity index (χ0) is 10.2. The van der Waals surface area contributed by atoms with Gasteiger partial charge in [0.1, 0.15) is 4.75 Å². The van der Waals surface area contributed by atoms with Gasteiger partial charge in [0.2, 0.25) is 0 Å². The van der Waals surface area contributed by atoms with Crippen molar-refractivity contribution in [1.29, 1.82) is 5.26 Å². The maximum atomic E-state index is 9.05. The van der Waals surface area contributed by atoms with Gasteiger partial charge < -0.3 is 0 Å². The van der Waals surface area contributed by atoms with E-state index in [9.17, 15) is 0 Å². The highest BCUT2D eigenvalue weighted by Gasteiger charge is 2.52. The number of benzene rings is 1. The first-order valence-electron chi connectivity index (χ1n) is 4.52. The van der Waals surface area contributed by atoms with Crippen LogP contribution in [0.25, 0.3) is 0 Å². The van der Waals surface area contributed by atoms with Crippen molar-refractivity contribution < 1.29 is 0 Å². The fourth-order valence-corrected chi connectivity index (χ4v) is 3.05. The number of nitrogens with zero attached hydrogens (tertiary/aromatic N) is 1. The van der Waals surface area contributed by atoms with Crippen LogP contribution in [0.1, 0.15) is 13.3 Å². The molecule has 0 N–H and O–H groups in total. The van der Waals surface area contributed by atoms with Crippen LogP contribution in [0.2, 0.25) is 5.02 Å². The minimum Gasteiger partial charge on any atom is -0.197 e. The van der Waals surface area contributed by atoms with Crippen molar-refractivity contribution in [2.24, 2.45) is 5.92 Å². The van der Waals surface area contributed by atoms with E-state index >= 15 is 0 Å². The van der Waals surface area contributed by atoms with E-state index in [1.807, 2.05) is 24.3 Å². The molecule has 0 bridgehead atoms. The Morgan fingerprint density at radius 2 is 2.36 bits per heavy atom. The molecule has 14 heavy (non-hydrogen) atoms. The fraction of sp³-hybridized carbons (Fsp3) is 0.364. The summed E-state index contributed by atoms with van der Waals surface area (Å²) in [5, 5.41) is 9.79. The van der Waals surface area contributed by atoms with Crippen LogP contribution < -0.4 is 0 Å². The minimum atomic E-state index is -0.190. The van der Waals surface area contributed by atoms with Gasteiger partial charge in [-0.25, -0.2) is 0 Å². The summed E-state index contributed by atoms with van der Waals surface area (Å²) in [6.07, 6.45) is 0.987. The summed E-state index contributed by atoms with van der Waals surface area (Å²) in [4.78, 5) is 1.09. The topological polar surface area (TPSA) is 23.8 Å². The number of hydrogen-bond donors (Lipinski definition) is 0. The van der Waals surface area contributed by atoms with Crippen LogP contribution in [-0.2, 0) is 0 Å². The Hall–Kier alpha value is -0.650. The number of rotatable bonds is 2. The summed E-state index contributed by atoms with van der Waals surface area (Å²) in [5.74, 6) is 0.497. The Labute approximate surface area is 93.1 Å². The Morgan fingerprint density at radius 1 is 1.64 bits per heavy atom. The van der Waals surface area contributed by atoms with Crippen LogP contribution in [0.3, 0.4) is 0 Å². The van der Waals surface area contributed by atoms with Gasteiger partial charge in [-0.1, -0.05) is 24.6 Å². The zero-order valence-electron chi connectivity index (χ0n) is 7.83. The first-order chi connectivity index (χ1) is 6.66. The summed E-state index contributed by atoms with van der Waals surface area (Å²) in [6, 6.07) is 10.1. The van der Waals surface area contributed by atoms with Crippen molar-refractivity contribution in [3.63, 3.8) is 0 Å². The van der Waals surface area contributed by atoms with Gasteiger partial charge in [-0.15, -0.1) is 11.8 Å². The molecule has 2 rings (SSSR count). The van der Waals surface area contributed by atoms with E-state index in [1.54, 1.807) is 11.8 Å². The van der Waals surface area contributed by atoms with Crippen molar-refractivity contribution >= 4 is 23.4 Å². The van der Waals surface area contributed by atoms with Crippen LogP contribution in [0.4, 0.5) is 0 Å². The third-order valence-electron chi connectivity index (χ3n) is 2.53. The number of hydrogen-bond acceptors (Lipinski definition) is 2. The lowest BCUT2D eigenvalue weighted by atomic mass is 10.4. The third kappa shape index (κ3) is 1.75. The molecule has 72 valence electrons. The number of nitriles is 1. The third-order valence-corrected chi connectivity index (χ3v) is 4.28. The maximum Gasteiger partial charge on any atom is 0.110 e. The number of halogens is 1. The molecule has 0 heterocycles. The molecule has 0 aromatic heterocycles. The zero-order valence-corrected chi connectivity index (χ0v) is 9.40. The molecular weight excluding hydrogens is 214 g/mol. The Bertz CT molecular complexity index is 399. The molecule has 1 aromatic rings. The van der Waals surface area contributed by atoms with Gasteiger partial charge in [0.05, 0.1) is 6.07 Å². The molecule has 0 spiro atoms. The van der Waals surface area contributed by atoms with Crippen molar-refractivity contribution in [1.82, 2.24) is 0 Å². The molecule has 0 aliphatic heterocycles. The molecule has 1 nitrogen and oxygen atoms in total. The first kappa shape index (κ1) is 9.89. The van der Waals surface area contributed by atoms with Gasteiger partial charge in [-0.3, -0.25) is 0 Å². The van der Waals surface area contributed by atoms with Crippen molar-refractivity contribution in [3.05, 3.63) is 29.3 Å². The second kappa shape index (κ2) is 3.49. The second-order valence-corrected chi connectivity index (χ2v) is 5.51. The van der Waals surface area contributed by atoms with Crippen molar-refractivity contribution in [2.45, 2.75) is 23.0 Å². The molecule has 2 unspecified atom stereocenters. The molecule has 1 aliphatic carbocycles. The fourth-order valence-electron chi connectivity index (χ4n) is 1.46. The predicted molar refractivity (Wildman–Crippen MR) is 59.4 cm³/mol. The van der Waals surface area contributed by atoms with E-state index in [2.05, 4.69) is 13.0 Å². The molecule has 0 amide bonds. The van der Waals surface area contributed by atoms with Gasteiger partial charge in [-0.05, 0) is 30.5 Å². The van der Waals surface area contributed by atoms with E-state index in [4.69, 9.17) is 16.9 Å². The van der Waals surface area contributed by atoms with Crippen LogP contribution in [0, 0.1) is 17.2 Å². The number of thioether (sulfide) groups is 1. The van der Waals surface area contributed by atoms with E-state index in [0.717, 1.165) is 16.3 Å². The molecule has 0 saturated heterocycles. The standard InChI is InChI=1S/C11H10ClNS/c1-8-6-11(8,7-13)14-10-4-2-3-9(12)5-10/h2-5,8H,6H2,1H3. The van der Waals surface area contributed by atoms with Crippen LogP contribution >= 0.6 is 23.4 Å². The molecule has 3 heteroatoms. The summed E-state index contributed by atoms with van der Waals surface area (Å²) < 4.78 is -0.190. The van der Waals surface area contributed by atoms with E-state index in [-0.39, 0.29) is 4.75 Å². The monoisotopic (exact) mass is 223 g/mol. The highest BCUT2D eigenvalue weighted by molar-refractivity contribution is 8.01. The molecule has 1 aliphatic rings. The first-order valence-corrected chi connectivity index (χ1v) is 5.71. The summed E-state index contributed by atoms with van der Waals surface area (Å²) in [5.41, 5.74) is 0. The Morgan fingerprint density at radius 3 is 2.86 bits per heavy atom. The molecular formula is C11H10ClNS. The van der Waals surface area contributed by atoms with Crippen LogP contribution in [0.5, 0.6) is 0 Å². The molecule has 1 saturated carbocycles. The predicted octanol–water partition coefficient (Wildman–Crippen LogP) is 3.73. The Kier molecular flexibility index (Phi) is 2.47. The normalized spacial score (nSPS) is 29.6. The highest BCUT2D eigenvalue weighted by atomic mass is 35.5. The summed E-state index contributed by atoms with van der Waals surface area (Å²) in [7, 11) is 0. The quantitative estimate of drug-likeness (QED) is 0.763. The lowest BCUT2D eigenvalue weighted by molar-refractivity contribution is 0.936. The largest absolute Gasteiger partial charge is 0.197 e. The average Bonchev–Trinajstić information content (AvgIpc) is 2.77. The summed E-state index contributed by atoms with van der Waals surface area (Å²) in [6.45, 7) is 2.11. The van der Waals surface area contributed by atoms with Gasteiger partial charge in [0.25, 0.3) is 0 Å². The SMILES string of the molecule is CC1CC1(C#N)Sc1cccc(Cl)c1. The van der Waals surface area contributed by atoms with Crippen LogP contribution in [-0.4, -0.2) is 4.75 Å². The van der Waals surface area contributed by atoms with E-state index in [1.165, 1.54) is 0 Å². The maximum absolute atomic E-state index is 9.05. The highest BCUT2D eigenvalue weighted by Crippen LogP contribution is 2.56. The van der Waals surface area contributed by atoms with Gasteiger partial charge in [0.15, 0.2) is 0 Å². The van der Waals surface area contributed by atoms with E-state index in [0.29, 0.717) is 5.92 Å². The minimum absolute atomic E-state index is 0.190. The smallest absolute Gasteiger partial charge is 0.110 e. The van der Waals surface area contributed by atoms with Gasteiger partial charge in [-0.2, -0.15) is 5.26 Å². The Balaban J connectivity index is 2.16. The lowest BCUT2D eigenvalue weighted by Gasteiger charge is -2.06. The van der Waals surface area contributed by atoms with Gasteiger partial charge in [0, 0.05) is 9.92 Å². The average molecular weight is 224 g/mol. The second-order valence-electron chi connectivity index (χ2n) is 3.67. The molecule has 1 fully saturated rings. The van der Waals surface area contributed by atoms with Gasteiger partial charge >= 0.3 is 0 Å². The summed E-state index contributed by atoms with van der Waals surface area (Å²) >= 11 is 7.51. The van der Waals surface area contributed by atoms with Crippen molar-refractivity contribution in [3.8, 4) is 6.07 Å². The lowest BCUT2D eigenvalue weighted by Crippen LogP contribution is -2.00.